The maximum absolute atomic E-state index is 5.03. The quantitative estimate of drug-likeness (QED) is 0.771. The highest BCUT2D eigenvalue weighted by atomic mass is 16.6. The van der Waals surface area contributed by atoms with E-state index in [2.05, 4.69) is 73.4 Å². The first-order valence-corrected chi connectivity index (χ1v) is 8.46. The first kappa shape index (κ1) is 16.6. The molecule has 0 saturated carbocycles. The fourth-order valence-electron chi connectivity index (χ4n) is 3.14. The Morgan fingerprint density at radius 3 is 2.42 bits per heavy atom. The molecule has 0 N–H and O–H groups in total. The molecule has 0 aliphatic heterocycles. The standard InChI is InChI=1S/C20H25N3O/c1-13-10-18-16(19(11-13)23-24-5)12-17(21-22-18)14-6-8-15(9-7-14)20(2,3)4/h6-9,12-13H,10-11H2,1-5H3/b23-19-/t13-/m0/s1. The van der Waals surface area contributed by atoms with Gasteiger partial charge in [0, 0.05) is 11.1 Å². The SMILES string of the molecule is CO/N=C1/C[C@@H](C)Cc2nnc(-c3ccc(C(C)(C)C)cc3)cc21. The van der Waals surface area contributed by atoms with Crippen molar-refractivity contribution in [3.8, 4) is 11.3 Å². The Balaban J connectivity index is 1.99. The molecule has 0 spiro atoms. The molecule has 1 aliphatic rings. The highest BCUT2D eigenvalue weighted by molar-refractivity contribution is 6.02. The molecular formula is C20H25N3O. The summed E-state index contributed by atoms with van der Waals surface area (Å²) in [6, 6.07) is 10.7. The van der Waals surface area contributed by atoms with Crippen LogP contribution in [0.5, 0.6) is 0 Å². The molecule has 0 unspecified atom stereocenters. The van der Waals surface area contributed by atoms with Crippen molar-refractivity contribution < 1.29 is 4.84 Å². The fourth-order valence-corrected chi connectivity index (χ4v) is 3.14. The van der Waals surface area contributed by atoms with Crippen LogP contribution in [0.3, 0.4) is 0 Å². The molecule has 4 nitrogen and oxygen atoms in total. The predicted octanol–water partition coefficient (Wildman–Crippen LogP) is 4.37. The van der Waals surface area contributed by atoms with E-state index in [-0.39, 0.29) is 5.41 Å². The van der Waals surface area contributed by atoms with Crippen LogP contribution in [0.2, 0.25) is 0 Å². The van der Waals surface area contributed by atoms with Crippen LogP contribution >= 0.6 is 0 Å². The van der Waals surface area contributed by atoms with Gasteiger partial charge in [-0.3, -0.25) is 0 Å². The van der Waals surface area contributed by atoms with Crippen molar-refractivity contribution in [2.45, 2.75) is 46.0 Å². The summed E-state index contributed by atoms with van der Waals surface area (Å²) in [5.41, 5.74) is 6.47. The van der Waals surface area contributed by atoms with Crippen LogP contribution in [-0.2, 0) is 16.7 Å². The molecule has 24 heavy (non-hydrogen) atoms. The number of benzene rings is 1. The van der Waals surface area contributed by atoms with Gasteiger partial charge in [0.2, 0.25) is 0 Å². The molecule has 1 aromatic carbocycles. The van der Waals surface area contributed by atoms with Crippen molar-refractivity contribution in [3.63, 3.8) is 0 Å². The van der Waals surface area contributed by atoms with Gasteiger partial charge in [-0.05, 0) is 35.8 Å². The second-order valence-corrected chi connectivity index (χ2v) is 7.65. The molecule has 3 rings (SSSR count). The molecule has 1 atom stereocenters. The van der Waals surface area contributed by atoms with Crippen LogP contribution in [0.25, 0.3) is 11.3 Å². The van der Waals surface area contributed by atoms with Crippen molar-refractivity contribution in [3.05, 3.63) is 47.2 Å². The van der Waals surface area contributed by atoms with Gasteiger partial charge < -0.3 is 4.84 Å². The van der Waals surface area contributed by atoms with Gasteiger partial charge in [0.25, 0.3) is 0 Å². The van der Waals surface area contributed by atoms with E-state index in [4.69, 9.17) is 4.84 Å². The molecule has 1 heterocycles. The van der Waals surface area contributed by atoms with Crippen LogP contribution in [0.4, 0.5) is 0 Å². The van der Waals surface area contributed by atoms with Gasteiger partial charge in [-0.2, -0.15) is 10.2 Å². The lowest BCUT2D eigenvalue weighted by Gasteiger charge is -2.22. The summed E-state index contributed by atoms with van der Waals surface area (Å²) in [5, 5.41) is 13.1. The van der Waals surface area contributed by atoms with Gasteiger partial charge in [0.05, 0.1) is 17.1 Å². The zero-order valence-corrected chi connectivity index (χ0v) is 15.1. The minimum absolute atomic E-state index is 0.147. The Kier molecular flexibility index (Phi) is 4.39. The first-order valence-electron chi connectivity index (χ1n) is 8.46. The van der Waals surface area contributed by atoms with Crippen molar-refractivity contribution in [2.75, 3.05) is 7.11 Å². The van der Waals surface area contributed by atoms with Crippen LogP contribution in [0.1, 0.15) is 50.9 Å². The van der Waals surface area contributed by atoms with Gasteiger partial charge >= 0.3 is 0 Å². The van der Waals surface area contributed by atoms with Crippen molar-refractivity contribution in [2.24, 2.45) is 11.1 Å². The van der Waals surface area contributed by atoms with Gasteiger partial charge in [-0.15, -0.1) is 0 Å². The van der Waals surface area contributed by atoms with E-state index in [9.17, 15) is 0 Å². The Morgan fingerprint density at radius 1 is 1.08 bits per heavy atom. The summed E-state index contributed by atoms with van der Waals surface area (Å²) in [4.78, 5) is 5.03. The minimum atomic E-state index is 0.147. The van der Waals surface area contributed by atoms with E-state index in [1.807, 2.05) is 0 Å². The van der Waals surface area contributed by atoms with Crippen molar-refractivity contribution in [1.82, 2.24) is 10.2 Å². The average Bonchev–Trinajstić information content (AvgIpc) is 2.54. The third-order valence-corrected chi connectivity index (χ3v) is 4.51. The molecule has 0 bridgehead atoms. The van der Waals surface area contributed by atoms with Gasteiger partial charge in [0.15, 0.2) is 0 Å². The van der Waals surface area contributed by atoms with Crippen molar-refractivity contribution >= 4 is 5.71 Å². The molecule has 126 valence electrons. The maximum atomic E-state index is 5.03. The zero-order valence-electron chi connectivity index (χ0n) is 15.1. The number of aromatic nitrogens is 2. The number of rotatable bonds is 2. The highest BCUT2D eigenvalue weighted by Crippen LogP contribution is 2.29. The average molecular weight is 323 g/mol. The Hall–Kier alpha value is -2.23. The summed E-state index contributed by atoms with van der Waals surface area (Å²) < 4.78 is 0. The molecule has 4 heteroatoms. The van der Waals surface area contributed by atoms with Gasteiger partial charge in [0.1, 0.15) is 7.11 Å². The molecule has 1 aromatic heterocycles. The number of hydrogen-bond donors (Lipinski definition) is 0. The van der Waals surface area contributed by atoms with Crippen molar-refractivity contribution in [1.29, 1.82) is 0 Å². The third kappa shape index (κ3) is 3.32. The highest BCUT2D eigenvalue weighted by Gasteiger charge is 2.24. The van der Waals surface area contributed by atoms with E-state index < -0.39 is 0 Å². The van der Waals surface area contributed by atoms with E-state index in [1.54, 1.807) is 7.11 Å². The largest absolute Gasteiger partial charge is 0.399 e. The van der Waals surface area contributed by atoms with Crippen LogP contribution in [-0.4, -0.2) is 23.0 Å². The van der Waals surface area contributed by atoms with Crippen LogP contribution in [0.15, 0.2) is 35.5 Å². The summed E-state index contributed by atoms with van der Waals surface area (Å²) >= 11 is 0. The van der Waals surface area contributed by atoms with Crippen LogP contribution < -0.4 is 0 Å². The Bertz CT molecular complexity index is 757. The lowest BCUT2D eigenvalue weighted by molar-refractivity contribution is 0.212. The molecular weight excluding hydrogens is 298 g/mol. The zero-order chi connectivity index (χ0) is 17.3. The van der Waals surface area contributed by atoms with E-state index in [1.165, 1.54) is 5.56 Å². The van der Waals surface area contributed by atoms with E-state index in [0.29, 0.717) is 5.92 Å². The maximum Gasteiger partial charge on any atom is 0.106 e. The summed E-state index contributed by atoms with van der Waals surface area (Å²) in [6.45, 7) is 8.86. The summed E-state index contributed by atoms with van der Waals surface area (Å²) in [5.74, 6) is 0.512. The number of oxime groups is 1. The van der Waals surface area contributed by atoms with Crippen LogP contribution in [0, 0.1) is 5.92 Å². The van der Waals surface area contributed by atoms with Gasteiger partial charge in [-0.1, -0.05) is 57.1 Å². The molecule has 2 aromatic rings. The predicted molar refractivity (Wildman–Crippen MR) is 97.2 cm³/mol. The molecule has 0 fully saturated rings. The number of nitrogens with zero attached hydrogens (tertiary/aromatic N) is 3. The van der Waals surface area contributed by atoms with Gasteiger partial charge in [-0.25, -0.2) is 0 Å². The number of fused-ring (bicyclic) bond motifs is 1. The van der Waals surface area contributed by atoms with E-state index >= 15 is 0 Å². The Labute approximate surface area is 144 Å². The van der Waals surface area contributed by atoms with E-state index in [0.717, 1.165) is 41.1 Å². The summed E-state index contributed by atoms with van der Waals surface area (Å²) in [7, 11) is 1.59. The smallest absolute Gasteiger partial charge is 0.106 e. The first-order chi connectivity index (χ1) is 11.4. The molecule has 0 saturated heterocycles. The number of hydrogen-bond acceptors (Lipinski definition) is 4. The summed E-state index contributed by atoms with van der Waals surface area (Å²) in [6.07, 6.45) is 1.85. The monoisotopic (exact) mass is 323 g/mol. The second-order valence-electron chi connectivity index (χ2n) is 7.65. The molecule has 0 amide bonds. The third-order valence-electron chi connectivity index (χ3n) is 4.51. The molecule has 0 radical (unpaired) electrons. The minimum Gasteiger partial charge on any atom is -0.399 e. The lowest BCUT2D eigenvalue weighted by atomic mass is 9.85. The topological polar surface area (TPSA) is 47.4 Å². The fraction of sp³-hybridized carbons (Fsp3) is 0.450. The molecule has 1 aliphatic carbocycles. The lowest BCUT2D eigenvalue weighted by Crippen LogP contribution is -2.21. The Morgan fingerprint density at radius 2 is 1.79 bits per heavy atom. The normalized spacial score (nSPS) is 19.2. The second kappa shape index (κ2) is 6.34.